The fourth-order valence-electron chi connectivity index (χ4n) is 9.00. The Kier molecular flexibility index (Phi) is 13.0. The lowest BCUT2D eigenvalue weighted by Crippen LogP contribution is -2.55. The van der Waals surface area contributed by atoms with Crippen LogP contribution in [-0.4, -0.2) is 96.7 Å². The maximum absolute atomic E-state index is 13.4. The minimum atomic E-state index is -0.633. The highest BCUT2D eigenvalue weighted by Gasteiger charge is 2.41. The molecule has 3 heterocycles. The summed E-state index contributed by atoms with van der Waals surface area (Å²) in [6, 6.07) is 4.74. The molecule has 4 N–H and O–H groups in total. The number of methoxy groups -OCH3 is 1. The van der Waals surface area contributed by atoms with Gasteiger partial charge in [-0.1, -0.05) is 47.0 Å². The smallest absolute Gasteiger partial charge is 0.323 e. The average molecular weight is 747 g/mol. The van der Waals surface area contributed by atoms with Crippen molar-refractivity contribution < 1.29 is 23.9 Å². The molecular weight excluding hydrogens is 685 g/mol. The number of piperidine rings is 1. The lowest BCUT2D eigenvalue weighted by Gasteiger charge is -2.43. The third kappa shape index (κ3) is 8.94. The molecule has 3 fully saturated rings. The molecule has 1 aromatic carbocycles. The molecule has 1 aromatic heterocycles. The van der Waals surface area contributed by atoms with Gasteiger partial charge in [0.25, 0.3) is 5.91 Å². The van der Waals surface area contributed by atoms with Crippen molar-refractivity contribution in [3.63, 3.8) is 0 Å². The number of anilines is 4. The predicted octanol–water partition coefficient (Wildman–Crippen LogP) is 5.65. The molecule has 2 aliphatic heterocycles. The Morgan fingerprint density at radius 1 is 1.07 bits per heavy atom. The van der Waals surface area contributed by atoms with Gasteiger partial charge in [0.1, 0.15) is 29.6 Å². The molecule has 1 saturated heterocycles. The van der Waals surface area contributed by atoms with Crippen LogP contribution in [-0.2, 0) is 14.3 Å². The zero-order valence-corrected chi connectivity index (χ0v) is 33.2. The SMILES string of the molecule is CC[C@@H]1C(=O)N(C)c2cnc(Nc3ccc(C(=O)NC4CCN(CC[C@H](N)C(=O)OC5C[C@H](C)CC[C@H]5C(C)C)CC4)cc3OC)nc2N1C1CCCC1. The van der Waals surface area contributed by atoms with Gasteiger partial charge in [-0.05, 0) is 87.3 Å². The third-order valence-corrected chi connectivity index (χ3v) is 12.3. The van der Waals surface area contributed by atoms with Gasteiger partial charge in [0.05, 0.1) is 19.0 Å². The molecule has 0 spiro atoms. The second-order valence-corrected chi connectivity index (χ2v) is 16.4. The Bertz CT molecular complexity index is 1620. The van der Waals surface area contributed by atoms with Gasteiger partial charge in [0, 0.05) is 44.3 Å². The van der Waals surface area contributed by atoms with Crippen LogP contribution in [0.5, 0.6) is 5.75 Å². The van der Waals surface area contributed by atoms with Crippen LogP contribution in [0, 0.1) is 17.8 Å². The van der Waals surface area contributed by atoms with Crippen molar-refractivity contribution in [3.8, 4) is 5.75 Å². The lowest BCUT2D eigenvalue weighted by atomic mass is 9.75. The first-order valence-electron chi connectivity index (χ1n) is 20.3. The lowest BCUT2D eigenvalue weighted by molar-refractivity contribution is -0.157. The van der Waals surface area contributed by atoms with Crippen LogP contribution in [0.1, 0.15) is 109 Å². The highest BCUT2D eigenvalue weighted by atomic mass is 16.5. The zero-order chi connectivity index (χ0) is 38.5. The first-order valence-corrected chi connectivity index (χ1v) is 20.3. The van der Waals surface area contributed by atoms with Gasteiger partial charge in [-0.2, -0.15) is 4.98 Å². The number of hydrogen-bond donors (Lipinski definition) is 3. The first-order chi connectivity index (χ1) is 26.0. The second-order valence-electron chi connectivity index (χ2n) is 16.4. The van der Waals surface area contributed by atoms with E-state index < -0.39 is 6.04 Å². The molecular formula is C41H62N8O5. The van der Waals surface area contributed by atoms with E-state index in [4.69, 9.17) is 20.2 Å². The van der Waals surface area contributed by atoms with E-state index in [0.717, 1.165) is 76.8 Å². The number of fused-ring (bicyclic) bond motifs is 1. The van der Waals surface area contributed by atoms with E-state index in [1.807, 2.05) is 13.0 Å². The molecule has 13 heteroatoms. The van der Waals surface area contributed by atoms with E-state index in [1.165, 1.54) is 6.42 Å². The van der Waals surface area contributed by atoms with Crippen molar-refractivity contribution in [2.24, 2.45) is 23.5 Å². The molecule has 0 radical (unpaired) electrons. The van der Waals surface area contributed by atoms with Crippen molar-refractivity contribution in [2.75, 3.05) is 48.9 Å². The van der Waals surface area contributed by atoms with Gasteiger partial charge in [-0.15, -0.1) is 0 Å². The van der Waals surface area contributed by atoms with Crippen molar-refractivity contribution in [2.45, 2.75) is 129 Å². The number of esters is 1. The average Bonchev–Trinajstić information content (AvgIpc) is 3.70. The number of nitrogens with two attached hydrogens (primary N) is 1. The quantitative estimate of drug-likeness (QED) is 0.218. The molecule has 54 heavy (non-hydrogen) atoms. The summed E-state index contributed by atoms with van der Waals surface area (Å²) in [6.45, 7) is 11.1. The topological polar surface area (TPSA) is 155 Å². The summed E-state index contributed by atoms with van der Waals surface area (Å²) >= 11 is 0. The maximum atomic E-state index is 13.4. The number of nitrogens with one attached hydrogen (secondary N) is 2. The van der Waals surface area contributed by atoms with Gasteiger partial charge in [0.2, 0.25) is 11.9 Å². The van der Waals surface area contributed by atoms with Crippen molar-refractivity contribution in [1.82, 2.24) is 20.2 Å². The number of likely N-dealkylation sites (N-methyl/N-ethyl adjacent to an activating group) is 1. The number of ether oxygens (including phenoxy) is 2. The summed E-state index contributed by atoms with van der Waals surface area (Å²) in [5.74, 6) is 2.74. The van der Waals surface area contributed by atoms with E-state index >= 15 is 0 Å². The fourth-order valence-corrected chi connectivity index (χ4v) is 9.00. The molecule has 2 amide bonds. The van der Waals surface area contributed by atoms with Gasteiger partial charge in [-0.25, -0.2) is 4.98 Å². The summed E-state index contributed by atoms with van der Waals surface area (Å²) in [4.78, 5) is 55.3. The highest BCUT2D eigenvalue weighted by molar-refractivity contribution is 6.04. The van der Waals surface area contributed by atoms with Crippen LogP contribution in [0.15, 0.2) is 24.4 Å². The summed E-state index contributed by atoms with van der Waals surface area (Å²) in [7, 11) is 3.36. The summed E-state index contributed by atoms with van der Waals surface area (Å²) in [5, 5.41) is 6.50. The minimum absolute atomic E-state index is 0.0417. The van der Waals surface area contributed by atoms with Gasteiger partial charge < -0.3 is 40.5 Å². The third-order valence-electron chi connectivity index (χ3n) is 12.3. The van der Waals surface area contributed by atoms with Crippen LogP contribution in [0.4, 0.5) is 23.1 Å². The van der Waals surface area contributed by atoms with Gasteiger partial charge in [0.15, 0.2) is 5.82 Å². The number of likely N-dealkylation sites (tertiary alicyclic amines) is 1. The predicted molar refractivity (Wildman–Crippen MR) is 211 cm³/mol. The van der Waals surface area contributed by atoms with Crippen LogP contribution in [0.2, 0.25) is 0 Å². The Balaban J connectivity index is 1.01. The molecule has 296 valence electrons. The zero-order valence-electron chi connectivity index (χ0n) is 33.2. The number of hydrogen-bond acceptors (Lipinski definition) is 11. The molecule has 2 aliphatic carbocycles. The minimum Gasteiger partial charge on any atom is -0.495 e. The molecule has 5 atom stereocenters. The van der Waals surface area contributed by atoms with E-state index in [0.29, 0.717) is 59.2 Å². The Morgan fingerprint density at radius 2 is 1.81 bits per heavy atom. The van der Waals surface area contributed by atoms with Crippen LogP contribution in [0.25, 0.3) is 0 Å². The van der Waals surface area contributed by atoms with Gasteiger partial charge in [-0.3, -0.25) is 14.4 Å². The number of carbonyl (C=O) groups excluding carboxylic acids is 3. The fraction of sp³-hybridized carbons (Fsp3) is 0.683. The summed E-state index contributed by atoms with van der Waals surface area (Å²) in [6.07, 6.45) is 12.1. The molecule has 0 bridgehead atoms. The van der Waals surface area contributed by atoms with E-state index in [2.05, 4.69) is 46.2 Å². The van der Waals surface area contributed by atoms with Crippen LogP contribution in [0.3, 0.4) is 0 Å². The van der Waals surface area contributed by atoms with Crippen molar-refractivity contribution in [3.05, 3.63) is 30.0 Å². The molecule has 13 nitrogen and oxygen atoms in total. The Hall–Kier alpha value is -3.97. The second kappa shape index (κ2) is 17.7. The van der Waals surface area contributed by atoms with Crippen molar-refractivity contribution >= 4 is 40.9 Å². The van der Waals surface area contributed by atoms with Crippen LogP contribution < -0.4 is 30.9 Å². The number of rotatable bonds is 13. The summed E-state index contributed by atoms with van der Waals surface area (Å²) < 4.78 is 11.7. The molecule has 2 saturated carbocycles. The van der Waals surface area contributed by atoms with E-state index in [9.17, 15) is 14.4 Å². The number of carbonyl (C=O) groups is 3. The van der Waals surface area contributed by atoms with Gasteiger partial charge >= 0.3 is 5.97 Å². The van der Waals surface area contributed by atoms with Crippen molar-refractivity contribution in [1.29, 1.82) is 0 Å². The number of benzene rings is 1. The number of nitrogens with zero attached hydrogens (tertiary/aromatic N) is 5. The van der Waals surface area contributed by atoms with E-state index in [1.54, 1.807) is 37.4 Å². The Labute approximate surface area is 321 Å². The standard InChI is InChI=1S/C41H62N8O5/c1-7-33-39(51)47(5)34-24-43-41(46-37(34)49(33)29-10-8-9-11-29)45-32-15-13-27(23-36(32)53-6)38(50)44-28-16-19-48(20-17-28)21-18-31(42)40(52)54-35-22-26(4)12-14-30(35)25(2)3/h13,15,23-26,28-31,33,35H,7-12,14,16-22,42H2,1-6H3,(H,44,50)(H,43,45,46)/t26-,30+,31+,33-,35?/m1/s1. The first kappa shape index (κ1) is 39.7. The highest BCUT2D eigenvalue weighted by Crippen LogP contribution is 2.41. The Morgan fingerprint density at radius 3 is 2.50 bits per heavy atom. The normalized spacial score (nSPS) is 24.7. The largest absolute Gasteiger partial charge is 0.495 e. The number of amides is 2. The summed E-state index contributed by atoms with van der Waals surface area (Å²) in [5.41, 5.74) is 8.17. The monoisotopic (exact) mass is 746 g/mol. The van der Waals surface area contributed by atoms with E-state index in [-0.39, 0.29) is 42.0 Å². The molecule has 6 rings (SSSR count). The number of aromatic nitrogens is 2. The van der Waals surface area contributed by atoms with Crippen LogP contribution >= 0.6 is 0 Å². The molecule has 4 aliphatic rings. The maximum Gasteiger partial charge on any atom is 0.323 e. The molecule has 2 aromatic rings. The molecule has 1 unspecified atom stereocenters.